The number of hydrogen-bond donors (Lipinski definition) is 1. The molecular weight excluding hydrogens is 324 g/mol. The van der Waals surface area contributed by atoms with Crippen LogP contribution in [0, 0.1) is 6.92 Å². The molecule has 0 fully saturated rings. The molecule has 1 amide bonds. The average Bonchev–Trinajstić information content (AvgIpc) is 3.08. The summed E-state index contributed by atoms with van der Waals surface area (Å²) in [7, 11) is 4.04. The van der Waals surface area contributed by atoms with Gasteiger partial charge in [-0.05, 0) is 56.9 Å². The lowest BCUT2D eigenvalue weighted by molar-refractivity contribution is 0.0942. The Morgan fingerprint density at radius 2 is 1.77 bits per heavy atom. The van der Waals surface area contributed by atoms with Gasteiger partial charge in [0.2, 0.25) is 0 Å². The molecule has 5 nitrogen and oxygen atoms in total. The largest absolute Gasteiger partial charge is 0.350 e. The Balaban J connectivity index is 1.67. The summed E-state index contributed by atoms with van der Waals surface area (Å²) >= 11 is 0. The summed E-state index contributed by atoms with van der Waals surface area (Å²) in [5.74, 6) is -0.0727. The van der Waals surface area contributed by atoms with Gasteiger partial charge in [-0.25, -0.2) is 4.68 Å². The molecule has 1 unspecified atom stereocenters. The van der Waals surface area contributed by atoms with Gasteiger partial charge < -0.3 is 10.2 Å². The second-order valence-electron chi connectivity index (χ2n) is 6.53. The van der Waals surface area contributed by atoms with Gasteiger partial charge in [-0.1, -0.05) is 30.3 Å². The number of hydrogen-bond acceptors (Lipinski definition) is 3. The lowest BCUT2D eigenvalue weighted by atomic mass is 10.1. The van der Waals surface area contributed by atoms with Gasteiger partial charge in [0, 0.05) is 24.0 Å². The number of benzene rings is 2. The molecule has 5 heteroatoms. The van der Waals surface area contributed by atoms with Crippen molar-refractivity contribution in [3.63, 3.8) is 0 Å². The quantitative estimate of drug-likeness (QED) is 0.744. The van der Waals surface area contributed by atoms with Gasteiger partial charge >= 0.3 is 0 Å². The van der Waals surface area contributed by atoms with Crippen LogP contribution in [-0.2, 0) is 0 Å². The smallest absolute Gasteiger partial charge is 0.251 e. The fourth-order valence-electron chi connectivity index (χ4n) is 2.96. The first kappa shape index (κ1) is 17.9. The minimum absolute atomic E-state index is 0.0727. The number of likely N-dealkylation sites (N-methyl/N-ethyl adjacent to an activating group) is 1. The van der Waals surface area contributed by atoms with E-state index in [1.54, 1.807) is 6.20 Å². The Hall–Kier alpha value is -2.92. The summed E-state index contributed by atoms with van der Waals surface area (Å²) in [6, 6.07) is 19.8. The standard InChI is InChI=1S/C21H24N4O/c1-16-13-14-23-25(16)19-11-9-18(10-12-19)21(26)22-15-20(24(2)3)17-7-5-4-6-8-17/h4-14,20H,15H2,1-3H3,(H,22,26). The number of amides is 1. The van der Waals surface area contributed by atoms with Crippen molar-refractivity contribution < 1.29 is 4.79 Å². The molecule has 3 rings (SSSR count). The number of rotatable bonds is 6. The minimum atomic E-state index is -0.0727. The van der Waals surface area contributed by atoms with Crippen LogP contribution in [0.5, 0.6) is 0 Å². The Labute approximate surface area is 154 Å². The van der Waals surface area contributed by atoms with Gasteiger partial charge in [0.05, 0.1) is 11.7 Å². The number of carbonyl (C=O) groups is 1. The van der Waals surface area contributed by atoms with Crippen molar-refractivity contribution in [2.24, 2.45) is 0 Å². The first-order valence-corrected chi connectivity index (χ1v) is 8.67. The monoisotopic (exact) mass is 348 g/mol. The van der Waals surface area contributed by atoms with E-state index >= 15 is 0 Å². The molecule has 26 heavy (non-hydrogen) atoms. The van der Waals surface area contributed by atoms with Gasteiger partial charge in [0.15, 0.2) is 0 Å². The van der Waals surface area contributed by atoms with E-state index in [0.29, 0.717) is 12.1 Å². The zero-order valence-electron chi connectivity index (χ0n) is 15.4. The van der Waals surface area contributed by atoms with Crippen molar-refractivity contribution in [1.29, 1.82) is 0 Å². The molecule has 134 valence electrons. The van der Waals surface area contributed by atoms with Crippen LogP contribution in [0.2, 0.25) is 0 Å². The number of aromatic nitrogens is 2. The number of nitrogens with zero attached hydrogens (tertiary/aromatic N) is 3. The van der Waals surface area contributed by atoms with E-state index in [1.807, 2.05) is 74.2 Å². The average molecular weight is 348 g/mol. The summed E-state index contributed by atoms with van der Waals surface area (Å²) in [5.41, 5.74) is 3.82. The van der Waals surface area contributed by atoms with Gasteiger partial charge in [-0.2, -0.15) is 5.10 Å². The highest BCUT2D eigenvalue weighted by atomic mass is 16.1. The third-order valence-corrected chi connectivity index (χ3v) is 4.47. The van der Waals surface area contributed by atoms with Gasteiger partial charge in [-0.3, -0.25) is 4.79 Å². The second-order valence-corrected chi connectivity index (χ2v) is 6.53. The highest BCUT2D eigenvalue weighted by Gasteiger charge is 2.15. The Morgan fingerprint density at radius 1 is 1.08 bits per heavy atom. The summed E-state index contributed by atoms with van der Waals surface area (Å²) in [5, 5.41) is 7.33. The van der Waals surface area contributed by atoms with Gasteiger partial charge in [-0.15, -0.1) is 0 Å². The van der Waals surface area contributed by atoms with E-state index in [9.17, 15) is 4.79 Å². The predicted molar refractivity (Wildman–Crippen MR) is 104 cm³/mol. The SMILES string of the molecule is Cc1ccnn1-c1ccc(C(=O)NCC(c2ccccc2)N(C)C)cc1. The second kappa shape index (κ2) is 7.97. The Morgan fingerprint density at radius 3 is 2.35 bits per heavy atom. The van der Waals surface area contributed by atoms with Crippen LogP contribution in [0.25, 0.3) is 5.69 Å². The van der Waals surface area contributed by atoms with Crippen molar-refractivity contribution >= 4 is 5.91 Å². The highest BCUT2D eigenvalue weighted by Crippen LogP contribution is 2.17. The van der Waals surface area contributed by atoms with Crippen molar-refractivity contribution in [1.82, 2.24) is 20.0 Å². The Bertz CT molecular complexity index is 853. The molecule has 0 spiro atoms. The van der Waals surface area contributed by atoms with Crippen LogP contribution in [0.1, 0.15) is 27.7 Å². The maximum atomic E-state index is 12.5. The van der Waals surface area contributed by atoms with Gasteiger partial charge in [0.25, 0.3) is 5.91 Å². The fourth-order valence-corrected chi connectivity index (χ4v) is 2.96. The van der Waals surface area contributed by atoms with Gasteiger partial charge in [0.1, 0.15) is 0 Å². The molecule has 0 aliphatic rings. The van der Waals surface area contributed by atoms with E-state index in [0.717, 1.165) is 11.4 Å². The molecule has 1 aromatic heterocycles. The molecule has 3 aromatic rings. The lowest BCUT2D eigenvalue weighted by Gasteiger charge is -2.25. The van der Waals surface area contributed by atoms with Crippen molar-refractivity contribution in [2.75, 3.05) is 20.6 Å². The van der Waals surface area contributed by atoms with E-state index in [1.165, 1.54) is 5.56 Å². The first-order chi connectivity index (χ1) is 12.6. The van der Waals surface area contributed by atoms with Crippen LogP contribution in [-0.4, -0.2) is 41.2 Å². The molecular formula is C21H24N4O. The van der Waals surface area contributed by atoms with Crippen molar-refractivity contribution in [2.45, 2.75) is 13.0 Å². The number of carbonyl (C=O) groups excluding carboxylic acids is 1. The zero-order valence-corrected chi connectivity index (χ0v) is 15.4. The van der Waals surface area contributed by atoms with Crippen LogP contribution in [0.4, 0.5) is 0 Å². The zero-order chi connectivity index (χ0) is 18.5. The molecule has 1 N–H and O–H groups in total. The Kier molecular flexibility index (Phi) is 5.49. The summed E-state index contributed by atoms with van der Waals surface area (Å²) in [6.07, 6.45) is 1.76. The van der Waals surface area contributed by atoms with E-state index < -0.39 is 0 Å². The predicted octanol–water partition coefficient (Wildman–Crippen LogP) is 3.21. The van der Waals surface area contributed by atoms with E-state index in [-0.39, 0.29) is 11.9 Å². The fraction of sp³-hybridized carbons (Fsp3) is 0.238. The van der Waals surface area contributed by atoms with Crippen LogP contribution in [0.3, 0.4) is 0 Å². The lowest BCUT2D eigenvalue weighted by Crippen LogP contribution is -2.34. The van der Waals surface area contributed by atoms with Crippen molar-refractivity contribution in [3.8, 4) is 5.69 Å². The molecule has 0 aliphatic carbocycles. The molecule has 0 bridgehead atoms. The molecule has 1 atom stereocenters. The molecule has 0 saturated carbocycles. The van der Waals surface area contributed by atoms with Crippen LogP contribution < -0.4 is 5.32 Å². The molecule has 0 radical (unpaired) electrons. The minimum Gasteiger partial charge on any atom is -0.350 e. The topological polar surface area (TPSA) is 50.2 Å². The normalized spacial score (nSPS) is 12.2. The third-order valence-electron chi connectivity index (χ3n) is 4.47. The third kappa shape index (κ3) is 4.00. The van der Waals surface area contributed by atoms with E-state index in [2.05, 4.69) is 27.4 Å². The molecule has 0 aliphatic heterocycles. The summed E-state index contributed by atoms with van der Waals surface area (Å²) in [6.45, 7) is 2.55. The number of aryl methyl sites for hydroxylation is 1. The maximum Gasteiger partial charge on any atom is 0.251 e. The van der Waals surface area contributed by atoms with Crippen molar-refractivity contribution in [3.05, 3.63) is 83.7 Å². The molecule has 2 aromatic carbocycles. The van der Waals surface area contributed by atoms with E-state index in [4.69, 9.17) is 0 Å². The van der Waals surface area contributed by atoms with Crippen LogP contribution in [0.15, 0.2) is 66.9 Å². The molecule has 1 heterocycles. The highest BCUT2D eigenvalue weighted by molar-refractivity contribution is 5.94. The van der Waals surface area contributed by atoms with Crippen LogP contribution >= 0.6 is 0 Å². The number of nitrogens with one attached hydrogen (secondary N) is 1. The first-order valence-electron chi connectivity index (χ1n) is 8.67. The maximum absolute atomic E-state index is 12.5. The summed E-state index contributed by atoms with van der Waals surface area (Å²) in [4.78, 5) is 14.6. The summed E-state index contributed by atoms with van der Waals surface area (Å²) < 4.78 is 1.85. The molecule has 0 saturated heterocycles.